The zero-order valence-electron chi connectivity index (χ0n) is 10.3. The fourth-order valence-corrected chi connectivity index (χ4v) is 1.89. The molecule has 0 amide bonds. The number of nitriles is 1. The predicted octanol–water partition coefficient (Wildman–Crippen LogP) is 2.60. The Labute approximate surface area is 119 Å². The first-order chi connectivity index (χ1) is 9.22. The van der Waals surface area contributed by atoms with E-state index >= 15 is 0 Å². The van der Waals surface area contributed by atoms with Crippen molar-refractivity contribution < 1.29 is 9.47 Å². The lowest BCUT2D eigenvalue weighted by atomic mass is 10.2. The minimum atomic E-state index is 0.469. The van der Waals surface area contributed by atoms with Crippen LogP contribution in [0.3, 0.4) is 0 Å². The number of rotatable bonds is 5. The summed E-state index contributed by atoms with van der Waals surface area (Å²) in [5.74, 6) is 1.17. The van der Waals surface area contributed by atoms with Crippen molar-refractivity contribution in [3.05, 3.63) is 40.6 Å². The highest BCUT2D eigenvalue weighted by molar-refractivity contribution is 9.10. The molecular weight excluding hydrogens is 310 g/mol. The van der Waals surface area contributed by atoms with Crippen molar-refractivity contribution in [2.75, 3.05) is 13.7 Å². The second-order valence-electron chi connectivity index (χ2n) is 3.75. The van der Waals surface area contributed by atoms with E-state index in [1.807, 2.05) is 6.20 Å². The second-order valence-corrected chi connectivity index (χ2v) is 4.66. The predicted molar refractivity (Wildman–Crippen MR) is 73.1 cm³/mol. The van der Waals surface area contributed by atoms with Crippen LogP contribution < -0.4 is 9.47 Å². The molecule has 0 spiro atoms. The molecule has 2 rings (SSSR count). The Balaban J connectivity index is 1.97. The number of hydrogen-bond acceptors (Lipinski definition) is 4. The molecule has 0 bridgehead atoms. The van der Waals surface area contributed by atoms with Gasteiger partial charge in [-0.1, -0.05) is 0 Å². The van der Waals surface area contributed by atoms with Gasteiger partial charge in [0.15, 0.2) is 11.5 Å². The Kier molecular flexibility index (Phi) is 4.42. The molecule has 19 heavy (non-hydrogen) atoms. The first kappa shape index (κ1) is 13.4. The molecule has 0 radical (unpaired) electrons. The largest absolute Gasteiger partial charge is 0.493 e. The van der Waals surface area contributed by atoms with Gasteiger partial charge in [0, 0.05) is 12.3 Å². The summed E-state index contributed by atoms with van der Waals surface area (Å²) >= 11 is 3.33. The Morgan fingerprint density at radius 3 is 2.89 bits per heavy atom. The second kappa shape index (κ2) is 6.25. The highest BCUT2D eigenvalue weighted by Crippen LogP contribution is 2.27. The zero-order chi connectivity index (χ0) is 13.7. The molecule has 0 atom stereocenters. The first-order valence-electron chi connectivity index (χ1n) is 5.62. The van der Waals surface area contributed by atoms with E-state index in [1.165, 1.54) is 0 Å². The number of benzene rings is 1. The van der Waals surface area contributed by atoms with Crippen molar-refractivity contribution in [1.82, 2.24) is 9.78 Å². The molecule has 0 aliphatic heterocycles. The summed E-state index contributed by atoms with van der Waals surface area (Å²) in [7, 11) is 1.55. The van der Waals surface area contributed by atoms with Crippen molar-refractivity contribution in [3.63, 3.8) is 0 Å². The van der Waals surface area contributed by atoms with Gasteiger partial charge in [-0.15, -0.1) is 0 Å². The van der Waals surface area contributed by atoms with E-state index in [-0.39, 0.29) is 0 Å². The molecule has 0 saturated heterocycles. The number of nitrogens with zero attached hydrogens (tertiary/aromatic N) is 3. The van der Waals surface area contributed by atoms with Crippen LogP contribution in [0, 0.1) is 11.3 Å². The van der Waals surface area contributed by atoms with Gasteiger partial charge in [0.1, 0.15) is 6.61 Å². The Bertz CT molecular complexity index is 604. The molecule has 0 N–H and O–H groups in total. The maximum absolute atomic E-state index is 8.81. The van der Waals surface area contributed by atoms with Crippen molar-refractivity contribution >= 4 is 15.9 Å². The summed E-state index contributed by atoms with van der Waals surface area (Å²) in [5.41, 5.74) is 0.542. The molecule has 0 aliphatic rings. The van der Waals surface area contributed by atoms with E-state index in [0.29, 0.717) is 30.2 Å². The fraction of sp³-hybridized carbons (Fsp3) is 0.231. The van der Waals surface area contributed by atoms with Crippen molar-refractivity contribution in [1.29, 1.82) is 5.26 Å². The SMILES string of the molecule is COc1cc(C#N)ccc1OCCn1cc(Br)cn1. The van der Waals surface area contributed by atoms with Crippen LogP contribution in [0.15, 0.2) is 35.1 Å². The van der Waals surface area contributed by atoms with Gasteiger partial charge in [-0.3, -0.25) is 4.68 Å². The fourth-order valence-electron chi connectivity index (χ4n) is 1.57. The summed E-state index contributed by atoms with van der Waals surface area (Å²) in [6.07, 6.45) is 3.60. The number of hydrogen-bond donors (Lipinski definition) is 0. The molecule has 6 heteroatoms. The number of ether oxygens (including phenoxy) is 2. The molecule has 5 nitrogen and oxygen atoms in total. The lowest BCUT2D eigenvalue weighted by molar-refractivity contribution is 0.274. The summed E-state index contributed by atoms with van der Waals surface area (Å²) in [6, 6.07) is 7.14. The lowest BCUT2D eigenvalue weighted by Crippen LogP contribution is -2.09. The van der Waals surface area contributed by atoms with Crippen LogP contribution in [0.4, 0.5) is 0 Å². The first-order valence-corrected chi connectivity index (χ1v) is 6.41. The molecule has 0 aliphatic carbocycles. The van der Waals surface area contributed by atoms with Gasteiger partial charge in [-0.25, -0.2) is 0 Å². The van der Waals surface area contributed by atoms with E-state index < -0.39 is 0 Å². The standard InChI is InChI=1S/C13H12BrN3O2/c1-18-13-6-10(7-15)2-3-12(13)19-5-4-17-9-11(14)8-16-17/h2-3,6,8-9H,4-5H2,1H3. The highest BCUT2D eigenvalue weighted by Gasteiger charge is 2.05. The van der Waals surface area contributed by atoms with Crippen molar-refractivity contribution in [2.45, 2.75) is 6.54 Å². The molecule has 2 aromatic rings. The molecule has 0 saturated carbocycles. The summed E-state index contributed by atoms with van der Waals surface area (Å²) in [6.45, 7) is 1.10. The van der Waals surface area contributed by atoms with Crippen LogP contribution in [-0.2, 0) is 6.54 Å². The van der Waals surface area contributed by atoms with Crippen LogP contribution in [0.1, 0.15) is 5.56 Å². The van der Waals surface area contributed by atoms with Crippen LogP contribution in [0.25, 0.3) is 0 Å². The average molecular weight is 322 g/mol. The molecule has 1 aromatic heterocycles. The molecule has 98 valence electrons. The van der Waals surface area contributed by atoms with Gasteiger partial charge in [0.05, 0.1) is 36.0 Å². The van der Waals surface area contributed by atoms with E-state index in [9.17, 15) is 0 Å². The monoisotopic (exact) mass is 321 g/mol. The number of aromatic nitrogens is 2. The lowest BCUT2D eigenvalue weighted by Gasteiger charge is -2.10. The topological polar surface area (TPSA) is 60.1 Å². The van der Waals surface area contributed by atoms with Gasteiger partial charge in [-0.05, 0) is 28.1 Å². The normalized spacial score (nSPS) is 9.95. The summed E-state index contributed by atoms with van der Waals surface area (Å²) < 4.78 is 13.5. The molecule has 1 heterocycles. The van der Waals surface area contributed by atoms with Gasteiger partial charge in [-0.2, -0.15) is 10.4 Å². The minimum absolute atomic E-state index is 0.469. The third-order valence-electron chi connectivity index (χ3n) is 2.47. The van der Waals surface area contributed by atoms with Gasteiger partial charge >= 0.3 is 0 Å². The Hall–Kier alpha value is -2.00. The van der Waals surface area contributed by atoms with Crippen LogP contribution >= 0.6 is 15.9 Å². The maximum atomic E-state index is 8.81. The van der Waals surface area contributed by atoms with Crippen LogP contribution in [0.2, 0.25) is 0 Å². The third kappa shape index (κ3) is 3.48. The molecule has 0 unspecified atom stereocenters. The van der Waals surface area contributed by atoms with Gasteiger partial charge in [0.2, 0.25) is 0 Å². The van der Waals surface area contributed by atoms with E-state index in [0.717, 1.165) is 4.47 Å². The average Bonchev–Trinajstić information content (AvgIpc) is 2.84. The number of halogens is 1. The quantitative estimate of drug-likeness (QED) is 0.849. The third-order valence-corrected chi connectivity index (χ3v) is 2.88. The maximum Gasteiger partial charge on any atom is 0.162 e. The minimum Gasteiger partial charge on any atom is -0.493 e. The van der Waals surface area contributed by atoms with Crippen molar-refractivity contribution in [3.8, 4) is 17.6 Å². The van der Waals surface area contributed by atoms with Crippen LogP contribution in [0.5, 0.6) is 11.5 Å². The zero-order valence-corrected chi connectivity index (χ0v) is 11.9. The van der Waals surface area contributed by atoms with E-state index in [4.69, 9.17) is 14.7 Å². The molecule has 0 fully saturated rings. The number of methoxy groups -OCH3 is 1. The van der Waals surface area contributed by atoms with Gasteiger partial charge < -0.3 is 9.47 Å². The summed E-state index contributed by atoms with van der Waals surface area (Å²) in [5, 5.41) is 12.9. The van der Waals surface area contributed by atoms with Crippen LogP contribution in [-0.4, -0.2) is 23.5 Å². The molecular formula is C13H12BrN3O2. The van der Waals surface area contributed by atoms with E-state index in [2.05, 4.69) is 27.1 Å². The Morgan fingerprint density at radius 2 is 2.26 bits per heavy atom. The smallest absolute Gasteiger partial charge is 0.162 e. The summed E-state index contributed by atoms with van der Waals surface area (Å²) in [4.78, 5) is 0. The van der Waals surface area contributed by atoms with Gasteiger partial charge in [0.25, 0.3) is 0 Å². The van der Waals surface area contributed by atoms with Crippen molar-refractivity contribution in [2.24, 2.45) is 0 Å². The Morgan fingerprint density at radius 1 is 1.42 bits per heavy atom. The highest BCUT2D eigenvalue weighted by atomic mass is 79.9. The molecule has 1 aromatic carbocycles. The van der Waals surface area contributed by atoms with E-state index in [1.54, 1.807) is 36.2 Å².